The summed E-state index contributed by atoms with van der Waals surface area (Å²) in [4.78, 5) is 5.59. The maximum atomic E-state index is 13.4. The maximum absolute atomic E-state index is 13.4. The molecule has 5 heteroatoms. The molecule has 0 radical (unpaired) electrons. The van der Waals surface area contributed by atoms with E-state index in [-0.39, 0.29) is 17.6 Å². The Bertz CT molecular complexity index is 673. The van der Waals surface area contributed by atoms with Crippen molar-refractivity contribution in [3.8, 4) is 5.75 Å². The number of rotatable bonds is 5. The molecule has 0 unspecified atom stereocenters. The lowest BCUT2D eigenvalue weighted by atomic mass is 10.1. The van der Waals surface area contributed by atoms with Crippen molar-refractivity contribution >= 4 is 22.1 Å². The van der Waals surface area contributed by atoms with E-state index in [1.807, 2.05) is 20.2 Å². The number of hydrogen-bond donors (Lipinski definition) is 2. The fourth-order valence-corrected chi connectivity index (χ4v) is 2.61. The van der Waals surface area contributed by atoms with Gasteiger partial charge >= 0.3 is 0 Å². The van der Waals surface area contributed by atoms with Gasteiger partial charge < -0.3 is 10.0 Å². The summed E-state index contributed by atoms with van der Waals surface area (Å²) >= 11 is 3.37. The van der Waals surface area contributed by atoms with Gasteiger partial charge in [0.2, 0.25) is 0 Å². The lowest BCUT2D eigenvalue weighted by Crippen LogP contribution is -3.06. The summed E-state index contributed by atoms with van der Waals surface area (Å²) in [5.41, 5.74) is 1.57. The summed E-state index contributed by atoms with van der Waals surface area (Å²) in [7, 11) is 4.03. The largest absolute Gasteiger partial charge is 0.507 e. The second-order valence-corrected chi connectivity index (χ2v) is 6.30. The Kier molecular flexibility index (Phi) is 5.69. The van der Waals surface area contributed by atoms with Crippen LogP contribution in [0.3, 0.4) is 0 Å². The number of aromatic hydroxyl groups is 1. The van der Waals surface area contributed by atoms with Crippen molar-refractivity contribution in [3.05, 3.63) is 63.9 Å². The van der Waals surface area contributed by atoms with Gasteiger partial charge in [-0.2, -0.15) is 0 Å². The molecule has 116 valence electrons. The van der Waals surface area contributed by atoms with E-state index in [9.17, 15) is 9.50 Å². The zero-order valence-electron chi connectivity index (χ0n) is 12.6. The average Bonchev–Trinajstić information content (AvgIpc) is 2.46. The van der Waals surface area contributed by atoms with E-state index >= 15 is 0 Å². The highest BCUT2D eigenvalue weighted by Gasteiger charge is 2.17. The van der Waals surface area contributed by atoms with E-state index in [0.717, 1.165) is 10.0 Å². The van der Waals surface area contributed by atoms with Gasteiger partial charge in [-0.3, -0.25) is 4.99 Å². The third-order valence-electron chi connectivity index (χ3n) is 3.46. The zero-order valence-corrected chi connectivity index (χ0v) is 14.1. The number of nitrogens with zero attached hydrogens (tertiary/aromatic N) is 1. The summed E-state index contributed by atoms with van der Waals surface area (Å²) in [6, 6.07) is 11.9. The van der Waals surface area contributed by atoms with Gasteiger partial charge in [0.1, 0.15) is 17.6 Å². The lowest BCUT2D eigenvalue weighted by Gasteiger charge is -2.20. The Morgan fingerprint density at radius 1 is 1.27 bits per heavy atom. The van der Waals surface area contributed by atoms with Crippen LogP contribution in [0.1, 0.15) is 17.2 Å². The predicted octanol–water partition coefficient (Wildman–Crippen LogP) is 2.60. The highest BCUT2D eigenvalue weighted by atomic mass is 79.9. The molecule has 2 N–H and O–H groups in total. The first-order valence-corrected chi connectivity index (χ1v) is 7.80. The van der Waals surface area contributed by atoms with Crippen LogP contribution in [-0.2, 0) is 0 Å². The van der Waals surface area contributed by atoms with Gasteiger partial charge in [0.15, 0.2) is 0 Å². The third kappa shape index (κ3) is 4.39. The van der Waals surface area contributed by atoms with Crippen LogP contribution in [0.25, 0.3) is 0 Å². The average molecular weight is 366 g/mol. The van der Waals surface area contributed by atoms with E-state index in [1.165, 1.54) is 11.0 Å². The first-order valence-electron chi connectivity index (χ1n) is 7.01. The van der Waals surface area contributed by atoms with Crippen molar-refractivity contribution in [1.82, 2.24) is 0 Å². The second-order valence-electron chi connectivity index (χ2n) is 5.38. The van der Waals surface area contributed by atoms with E-state index in [2.05, 4.69) is 20.9 Å². The van der Waals surface area contributed by atoms with Gasteiger partial charge in [0.05, 0.1) is 20.6 Å². The Morgan fingerprint density at radius 3 is 2.73 bits per heavy atom. The molecular weight excluding hydrogens is 347 g/mol. The molecule has 0 aliphatic carbocycles. The molecule has 2 aromatic rings. The molecule has 0 aromatic heterocycles. The molecule has 0 saturated carbocycles. The van der Waals surface area contributed by atoms with E-state index in [1.54, 1.807) is 36.5 Å². The standard InChI is InChI=1S/C17H18BrFN2O/c1-21(2)16(12-4-3-5-15(19)9-12)11-20-10-13-8-14(18)6-7-17(13)22/h3-10,16,22H,11H2,1-2H3/p+1/t16-/m0/s1. The molecule has 2 rings (SSSR count). The van der Waals surface area contributed by atoms with Crippen molar-refractivity contribution in [1.29, 1.82) is 0 Å². The number of hydrogen-bond acceptors (Lipinski definition) is 2. The van der Waals surface area contributed by atoms with E-state index < -0.39 is 0 Å². The molecule has 2 aromatic carbocycles. The van der Waals surface area contributed by atoms with Gasteiger partial charge in [-0.1, -0.05) is 28.1 Å². The fourth-order valence-electron chi connectivity index (χ4n) is 2.23. The first kappa shape index (κ1) is 16.6. The smallest absolute Gasteiger partial charge is 0.133 e. The van der Waals surface area contributed by atoms with Crippen molar-refractivity contribution in [3.63, 3.8) is 0 Å². The molecular formula is C17H19BrFN2O+. The molecule has 22 heavy (non-hydrogen) atoms. The van der Waals surface area contributed by atoms with Gasteiger partial charge in [-0.25, -0.2) is 4.39 Å². The van der Waals surface area contributed by atoms with Crippen LogP contribution in [0.2, 0.25) is 0 Å². The minimum Gasteiger partial charge on any atom is -0.507 e. The Balaban J connectivity index is 2.15. The molecule has 0 amide bonds. The number of aliphatic imine (C=N–C) groups is 1. The predicted molar refractivity (Wildman–Crippen MR) is 90.2 cm³/mol. The second kappa shape index (κ2) is 7.51. The summed E-state index contributed by atoms with van der Waals surface area (Å²) < 4.78 is 14.3. The number of halogens is 2. The Labute approximate surface area is 138 Å². The summed E-state index contributed by atoms with van der Waals surface area (Å²) in [6.07, 6.45) is 1.65. The lowest BCUT2D eigenvalue weighted by molar-refractivity contribution is -0.890. The number of phenols is 1. The van der Waals surface area contributed by atoms with Crippen molar-refractivity contribution in [2.24, 2.45) is 4.99 Å². The van der Waals surface area contributed by atoms with Crippen LogP contribution >= 0.6 is 15.9 Å². The topological polar surface area (TPSA) is 37.0 Å². The van der Waals surface area contributed by atoms with Crippen LogP contribution in [0.5, 0.6) is 5.75 Å². The normalized spacial score (nSPS) is 13.0. The number of phenolic OH excluding ortho intramolecular Hbond substituents is 1. The first-order chi connectivity index (χ1) is 10.5. The zero-order chi connectivity index (χ0) is 16.1. The monoisotopic (exact) mass is 365 g/mol. The maximum Gasteiger partial charge on any atom is 0.133 e. The van der Waals surface area contributed by atoms with Gasteiger partial charge in [0, 0.05) is 21.8 Å². The summed E-state index contributed by atoms with van der Waals surface area (Å²) in [5.74, 6) is -0.0520. The number of benzene rings is 2. The molecule has 0 aliphatic rings. The van der Waals surface area contributed by atoms with Crippen molar-refractivity contribution in [2.75, 3.05) is 20.6 Å². The van der Waals surface area contributed by atoms with Crippen LogP contribution in [0.4, 0.5) is 4.39 Å². The Hall–Kier alpha value is -1.72. The fraction of sp³-hybridized carbons (Fsp3) is 0.235. The minimum atomic E-state index is -0.239. The quantitative estimate of drug-likeness (QED) is 0.785. The summed E-state index contributed by atoms with van der Waals surface area (Å²) in [6.45, 7) is 0.512. The molecule has 0 spiro atoms. The highest BCUT2D eigenvalue weighted by molar-refractivity contribution is 9.10. The van der Waals surface area contributed by atoms with Crippen molar-refractivity contribution < 1.29 is 14.4 Å². The number of likely N-dealkylation sites (N-methyl/N-ethyl adjacent to an activating group) is 1. The molecule has 0 saturated heterocycles. The minimum absolute atomic E-state index is 0.0567. The summed E-state index contributed by atoms with van der Waals surface area (Å²) in [5, 5.41) is 9.80. The molecule has 0 bridgehead atoms. The SMILES string of the molecule is C[NH+](C)[C@@H](CN=Cc1cc(Br)ccc1O)c1cccc(F)c1. The van der Waals surface area contributed by atoms with E-state index in [0.29, 0.717) is 12.1 Å². The number of quaternary nitrogens is 1. The Morgan fingerprint density at radius 2 is 2.05 bits per heavy atom. The molecule has 1 atom stereocenters. The number of nitrogens with one attached hydrogen (secondary N) is 1. The molecule has 3 nitrogen and oxygen atoms in total. The van der Waals surface area contributed by atoms with Crippen LogP contribution < -0.4 is 4.90 Å². The molecule has 0 heterocycles. The van der Waals surface area contributed by atoms with Gasteiger partial charge in [-0.15, -0.1) is 0 Å². The highest BCUT2D eigenvalue weighted by Crippen LogP contribution is 2.20. The van der Waals surface area contributed by atoms with Crippen molar-refractivity contribution in [2.45, 2.75) is 6.04 Å². The third-order valence-corrected chi connectivity index (χ3v) is 3.95. The van der Waals surface area contributed by atoms with Crippen LogP contribution in [0, 0.1) is 5.82 Å². The van der Waals surface area contributed by atoms with E-state index in [4.69, 9.17) is 0 Å². The van der Waals surface area contributed by atoms with Gasteiger partial charge in [0.25, 0.3) is 0 Å². The molecule has 0 fully saturated rings. The van der Waals surface area contributed by atoms with Crippen LogP contribution in [0.15, 0.2) is 51.9 Å². The van der Waals surface area contributed by atoms with Gasteiger partial charge in [-0.05, 0) is 30.3 Å². The molecule has 0 aliphatic heterocycles. The van der Waals surface area contributed by atoms with Crippen LogP contribution in [-0.4, -0.2) is 32.0 Å².